The standard InChI is InChI=1S/C19H26N2O5S/c20-16(22)7-4-8-18(24)25-11-14-9-10-15(26-14)19-21(17(23)12-27-19)13-5-2-1-3-6-13/h9-10,13,19H,1-8,11-12H2,(H2,20,22). The summed E-state index contributed by atoms with van der Waals surface area (Å²) in [5, 5.41) is -0.0966. The number of amides is 2. The second-order valence-corrected chi connectivity index (χ2v) is 8.11. The minimum atomic E-state index is -0.426. The van der Waals surface area contributed by atoms with Crippen molar-refractivity contribution in [2.45, 2.75) is 69.4 Å². The van der Waals surface area contributed by atoms with Gasteiger partial charge in [-0.15, -0.1) is 11.8 Å². The van der Waals surface area contributed by atoms with Crippen LogP contribution in [0.2, 0.25) is 0 Å². The van der Waals surface area contributed by atoms with E-state index in [2.05, 4.69) is 0 Å². The van der Waals surface area contributed by atoms with Crippen LogP contribution >= 0.6 is 11.8 Å². The molecule has 1 aliphatic carbocycles. The minimum Gasteiger partial charge on any atom is -0.459 e. The van der Waals surface area contributed by atoms with Crippen molar-refractivity contribution >= 4 is 29.5 Å². The third-order valence-corrected chi connectivity index (χ3v) is 6.17. The van der Waals surface area contributed by atoms with Crippen LogP contribution in [0.5, 0.6) is 0 Å². The minimum absolute atomic E-state index is 0.0458. The number of carbonyl (C=O) groups excluding carboxylic acids is 3. The summed E-state index contributed by atoms with van der Waals surface area (Å²) in [5.74, 6) is 1.13. The Labute approximate surface area is 163 Å². The highest BCUT2D eigenvalue weighted by atomic mass is 32.2. The molecule has 0 bridgehead atoms. The molecule has 1 atom stereocenters. The molecule has 3 rings (SSSR count). The average Bonchev–Trinajstić information content (AvgIpc) is 3.27. The van der Waals surface area contributed by atoms with E-state index >= 15 is 0 Å². The van der Waals surface area contributed by atoms with Crippen LogP contribution in [0.4, 0.5) is 0 Å². The molecule has 1 aromatic heterocycles. The lowest BCUT2D eigenvalue weighted by Crippen LogP contribution is -2.39. The zero-order valence-electron chi connectivity index (χ0n) is 15.4. The molecule has 0 radical (unpaired) electrons. The van der Waals surface area contributed by atoms with Gasteiger partial charge in [-0.2, -0.15) is 0 Å². The van der Waals surface area contributed by atoms with Crippen molar-refractivity contribution in [2.24, 2.45) is 5.73 Å². The molecular formula is C19H26N2O5S. The van der Waals surface area contributed by atoms with Crippen LogP contribution in [0.3, 0.4) is 0 Å². The summed E-state index contributed by atoms with van der Waals surface area (Å²) in [6, 6.07) is 3.94. The van der Waals surface area contributed by atoms with E-state index < -0.39 is 5.91 Å². The van der Waals surface area contributed by atoms with E-state index in [0.29, 0.717) is 24.0 Å². The predicted octanol–water partition coefficient (Wildman–Crippen LogP) is 2.89. The van der Waals surface area contributed by atoms with E-state index in [9.17, 15) is 14.4 Å². The third kappa shape index (κ3) is 5.28. The first-order valence-corrected chi connectivity index (χ1v) is 10.5. The van der Waals surface area contributed by atoms with E-state index in [1.165, 1.54) is 19.3 Å². The van der Waals surface area contributed by atoms with Gasteiger partial charge in [0.2, 0.25) is 11.8 Å². The Morgan fingerprint density at radius 2 is 2.00 bits per heavy atom. The molecule has 1 saturated carbocycles. The van der Waals surface area contributed by atoms with E-state index in [4.69, 9.17) is 14.9 Å². The normalized spacial score (nSPS) is 20.8. The van der Waals surface area contributed by atoms with Gasteiger partial charge in [0.25, 0.3) is 0 Å². The van der Waals surface area contributed by atoms with Crippen molar-refractivity contribution in [3.63, 3.8) is 0 Å². The van der Waals surface area contributed by atoms with Crippen LogP contribution in [0.1, 0.15) is 68.3 Å². The number of carbonyl (C=O) groups is 3. The second-order valence-electron chi connectivity index (χ2n) is 7.04. The number of hydrogen-bond donors (Lipinski definition) is 1. The van der Waals surface area contributed by atoms with Gasteiger partial charge in [-0.3, -0.25) is 14.4 Å². The first-order chi connectivity index (χ1) is 13.0. The number of primary amides is 1. The van der Waals surface area contributed by atoms with Crippen LogP contribution in [-0.4, -0.2) is 34.5 Å². The van der Waals surface area contributed by atoms with Gasteiger partial charge < -0.3 is 19.8 Å². The highest BCUT2D eigenvalue weighted by Crippen LogP contribution is 2.43. The molecule has 2 aliphatic rings. The van der Waals surface area contributed by atoms with Gasteiger partial charge in [-0.05, 0) is 31.4 Å². The van der Waals surface area contributed by atoms with Crippen molar-refractivity contribution in [3.05, 3.63) is 23.7 Å². The number of nitrogens with two attached hydrogens (primary N) is 1. The first-order valence-electron chi connectivity index (χ1n) is 9.50. The van der Waals surface area contributed by atoms with Gasteiger partial charge in [0.1, 0.15) is 23.5 Å². The molecule has 7 nitrogen and oxygen atoms in total. The number of esters is 1. The van der Waals surface area contributed by atoms with Crippen LogP contribution in [-0.2, 0) is 25.7 Å². The third-order valence-electron chi connectivity index (χ3n) is 4.98. The lowest BCUT2D eigenvalue weighted by molar-refractivity contribution is -0.145. The van der Waals surface area contributed by atoms with Crippen molar-refractivity contribution in [3.8, 4) is 0 Å². The van der Waals surface area contributed by atoms with Crippen molar-refractivity contribution in [1.82, 2.24) is 4.90 Å². The maximum atomic E-state index is 12.4. The summed E-state index contributed by atoms with van der Waals surface area (Å²) in [7, 11) is 0. The number of rotatable bonds is 8. The number of nitrogens with zero attached hydrogens (tertiary/aromatic N) is 1. The Morgan fingerprint density at radius 3 is 2.74 bits per heavy atom. The monoisotopic (exact) mass is 394 g/mol. The second kappa shape index (κ2) is 9.30. The molecule has 1 unspecified atom stereocenters. The number of ether oxygens (including phenoxy) is 1. The maximum Gasteiger partial charge on any atom is 0.306 e. The van der Waals surface area contributed by atoms with Gasteiger partial charge in [-0.1, -0.05) is 19.3 Å². The number of thioether (sulfide) groups is 1. The molecule has 1 aromatic rings. The molecule has 2 amide bonds. The van der Waals surface area contributed by atoms with Crippen molar-refractivity contribution < 1.29 is 23.5 Å². The van der Waals surface area contributed by atoms with Gasteiger partial charge >= 0.3 is 5.97 Å². The fraction of sp³-hybridized carbons (Fsp3) is 0.632. The first kappa shape index (κ1) is 19.8. The van der Waals surface area contributed by atoms with E-state index in [0.717, 1.165) is 18.6 Å². The molecule has 2 N–H and O–H groups in total. The lowest BCUT2D eigenvalue weighted by atomic mass is 9.94. The van der Waals surface area contributed by atoms with Crippen LogP contribution in [0.15, 0.2) is 16.5 Å². The SMILES string of the molecule is NC(=O)CCCC(=O)OCc1ccc(C2SCC(=O)N2C2CCCCC2)o1. The maximum absolute atomic E-state index is 12.4. The zero-order valence-corrected chi connectivity index (χ0v) is 16.2. The molecule has 0 aromatic carbocycles. The van der Waals surface area contributed by atoms with Crippen molar-refractivity contribution in [1.29, 1.82) is 0 Å². The Balaban J connectivity index is 1.54. The molecule has 148 valence electrons. The summed E-state index contributed by atoms with van der Waals surface area (Å²) in [6.07, 6.45) is 6.39. The molecule has 0 spiro atoms. The van der Waals surface area contributed by atoms with E-state index in [1.54, 1.807) is 17.8 Å². The lowest BCUT2D eigenvalue weighted by Gasteiger charge is -2.34. The Kier molecular flexibility index (Phi) is 6.82. The van der Waals surface area contributed by atoms with Crippen LogP contribution in [0.25, 0.3) is 0 Å². The van der Waals surface area contributed by atoms with Gasteiger partial charge in [0, 0.05) is 18.9 Å². The highest BCUT2D eigenvalue weighted by molar-refractivity contribution is 8.00. The van der Waals surface area contributed by atoms with E-state index in [1.807, 2.05) is 11.0 Å². The van der Waals surface area contributed by atoms with Crippen molar-refractivity contribution in [2.75, 3.05) is 5.75 Å². The fourth-order valence-corrected chi connectivity index (χ4v) is 4.84. The number of furan rings is 1. The summed E-state index contributed by atoms with van der Waals surface area (Å²) in [6.45, 7) is 0.0458. The van der Waals surface area contributed by atoms with Gasteiger partial charge in [0.05, 0.1) is 5.75 Å². The Hall–Kier alpha value is -1.96. The summed E-state index contributed by atoms with van der Waals surface area (Å²) in [5.41, 5.74) is 5.05. The summed E-state index contributed by atoms with van der Waals surface area (Å²) < 4.78 is 11.0. The Bertz CT molecular complexity index is 683. The molecule has 2 fully saturated rings. The predicted molar refractivity (Wildman–Crippen MR) is 100 cm³/mol. The van der Waals surface area contributed by atoms with Gasteiger partial charge in [-0.25, -0.2) is 0 Å². The quantitative estimate of drug-likeness (QED) is 0.680. The molecular weight excluding hydrogens is 368 g/mol. The summed E-state index contributed by atoms with van der Waals surface area (Å²) >= 11 is 1.59. The largest absolute Gasteiger partial charge is 0.459 e. The van der Waals surface area contributed by atoms with Gasteiger partial charge in [0.15, 0.2) is 0 Å². The summed E-state index contributed by atoms with van der Waals surface area (Å²) in [4.78, 5) is 36.7. The Morgan fingerprint density at radius 1 is 1.22 bits per heavy atom. The molecule has 27 heavy (non-hydrogen) atoms. The fourth-order valence-electron chi connectivity index (χ4n) is 3.64. The smallest absolute Gasteiger partial charge is 0.306 e. The topological polar surface area (TPSA) is 103 Å². The van der Waals surface area contributed by atoms with Crippen LogP contribution < -0.4 is 5.73 Å². The van der Waals surface area contributed by atoms with Crippen LogP contribution in [0, 0.1) is 0 Å². The average molecular weight is 394 g/mol. The molecule has 8 heteroatoms. The van der Waals surface area contributed by atoms with E-state index in [-0.39, 0.29) is 36.7 Å². The highest BCUT2D eigenvalue weighted by Gasteiger charge is 2.39. The number of hydrogen-bond acceptors (Lipinski definition) is 6. The molecule has 1 saturated heterocycles. The molecule has 2 heterocycles. The zero-order chi connectivity index (χ0) is 19.2. The molecule has 1 aliphatic heterocycles.